The van der Waals surface area contributed by atoms with Crippen LogP contribution in [-0.4, -0.2) is 27.2 Å². The normalized spacial score (nSPS) is 28.8. The van der Waals surface area contributed by atoms with Crippen LogP contribution in [0.5, 0.6) is 0 Å². The second-order valence-electron chi connectivity index (χ2n) is 4.98. The molecule has 0 amide bonds. The molecule has 1 fully saturated rings. The molecule has 1 aromatic heterocycles. The maximum Gasteiger partial charge on any atom is 0.0925 e. The van der Waals surface area contributed by atoms with E-state index in [1.807, 2.05) is 6.92 Å². The molecule has 1 heterocycles. The third-order valence-electron chi connectivity index (χ3n) is 3.67. The molecule has 0 aliphatic heterocycles. The molecule has 3 N–H and O–H groups in total. The molecule has 2 rings (SSSR count). The Morgan fingerprint density at radius 2 is 2.40 bits per heavy atom. The molecular formula is C11H19N3O. The van der Waals surface area contributed by atoms with Gasteiger partial charge >= 0.3 is 0 Å². The SMILES string of the molecule is Cc1[nH]cnc1CNC1CC(O)C1(C)C. The Bertz CT molecular complexity index is 345. The van der Waals surface area contributed by atoms with E-state index < -0.39 is 0 Å². The van der Waals surface area contributed by atoms with Crippen molar-refractivity contribution in [2.45, 2.75) is 45.9 Å². The summed E-state index contributed by atoms with van der Waals surface area (Å²) in [7, 11) is 0. The highest BCUT2D eigenvalue weighted by molar-refractivity contribution is 5.10. The second kappa shape index (κ2) is 3.61. The average molecular weight is 209 g/mol. The largest absolute Gasteiger partial charge is 0.392 e. The van der Waals surface area contributed by atoms with E-state index >= 15 is 0 Å². The Hall–Kier alpha value is -0.870. The van der Waals surface area contributed by atoms with E-state index in [1.54, 1.807) is 6.33 Å². The summed E-state index contributed by atoms with van der Waals surface area (Å²) in [5, 5.41) is 13.0. The van der Waals surface area contributed by atoms with E-state index in [0.717, 1.165) is 24.4 Å². The van der Waals surface area contributed by atoms with Crippen LogP contribution in [0.15, 0.2) is 6.33 Å². The third-order valence-corrected chi connectivity index (χ3v) is 3.67. The van der Waals surface area contributed by atoms with Crippen LogP contribution in [-0.2, 0) is 6.54 Å². The van der Waals surface area contributed by atoms with Crippen molar-refractivity contribution in [2.24, 2.45) is 5.41 Å². The van der Waals surface area contributed by atoms with Gasteiger partial charge in [-0.25, -0.2) is 4.98 Å². The molecule has 4 heteroatoms. The molecule has 2 atom stereocenters. The van der Waals surface area contributed by atoms with E-state index in [4.69, 9.17) is 0 Å². The van der Waals surface area contributed by atoms with Gasteiger partial charge in [0, 0.05) is 23.7 Å². The van der Waals surface area contributed by atoms with E-state index in [2.05, 4.69) is 29.1 Å². The predicted molar refractivity (Wildman–Crippen MR) is 58.4 cm³/mol. The van der Waals surface area contributed by atoms with Crippen LogP contribution in [0.1, 0.15) is 31.7 Å². The standard InChI is InChI=1S/C11H19N3O/c1-7-8(14-6-13-7)5-12-9-4-10(15)11(9,2)3/h6,9-10,12,15H,4-5H2,1-3H3,(H,13,14). The van der Waals surface area contributed by atoms with Crippen molar-refractivity contribution in [1.29, 1.82) is 0 Å². The third kappa shape index (κ3) is 1.79. The number of aryl methyl sites for hydroxylation is 1. The fraction of sp³-hybridized carbons (Fsp3) is 0.727. The minimum absolute atomic E-state index is 0.00971. The molecule has 0 aromatic carbocycles. The number of aliphatic hydroxyl groups is 1. The van der Waals surface area contributed by atoms with Crippen molar-refractivity contribution in [2.75, 3.05) is 0 Å². The van der Waals surface area contributed by atoms with Crippen molar-refractivity contribution in [3.05, 3.63) is 17.7 Å². The lowest BCUT2D eigenvalue weighted by molar-refractivity contribution is -0.0730. The van der Waals surface area contributed by atoms with Gasteiger partial charge < -0.3 is 15.4 Å². The van der Waals surface area contributed by atoms with Crippen molar-refractivity contribution in [1.82, 2.24) is 15.3 Å². The second-order valence-corrected chi connectivity index (χ2v) is 4.98. The first kappa shape index (κ1) is 10.6. The molecule has 1 aliphatic carbocycles. The highest BCUT2D eigenvalue weighted by Gasteiger charge is 2.46. The number of imidazole rings is 1. The van der Waals surface area contributed by atoms with Crippen LogP contribution in [0, 0.1) is 12.3 Å². The lowest BCUT2D eigenvalue weighted by Gasteiger charge is -2.49. The summed E-state index contributed by atoms with van der Waals surface area (Å²) in [6.07, 6.45) is 2.39. The van der Waals surface area contributed by atoms with Gasteiger partial charge in [0.05, 0.1) is 18.1 Å². The first-order valence-corrected chi connectivity index (χ1v) is 5.42. The molecular weight excluding hydrogens is 190 g/mol. The van der Waals surface area contributed by atoms with Gasteiger partial charge in [-0.15, -0.1) is 0 Å². The zero-order valence-corrected chi connectivity index (χ0v) is 9.54. The fourth-order valence-corrected chi connectivity index (χ4v) is 2.03. The van der Waals surface area contributed by atoms with Crippen LogP contribution in [0.2, 0.25) is 0 Å². The topological polar surface area (TPSA) is 60.9 Å². The molecule has 0 saturated heterocycles. The van der Waals surface area contributed by atoms with E-state index in [9.17, 15) is 5.11 Å². The Morgan fingerprint density at radius 1 is 1.67 bits per heavy atom. The first-order chi connectivity index (χ1) is 7.01. The summed E-state index contributed by atoms with van der Waals surface area (Å²) in [5.41, 5.74) is 2.16. The van der Waals surface area contributed by atoms with Crippen molar-refractivity contribution in [3.63, 3.8) is 0 Å². The van der Waals surface area contributed by atoms with E-state index in [-0.39, 0.29) is 11.5 Å². The molecule has 1 saturated carbocycles. The summed E-state index contributed by atoms with van der Waals surface area (Å²) in [4.78, 5) is 7.29. The Labute approximate surface area is 90.1 Å². The Kier molecular flexibility index (Phi) is 2.56. The number of nitrogens with one attached hydrogen (secondary N) is 2. The minimum atomic E-state index is -0.171. The number of hydrogen-bond acceptors (Lipinski definition) is 3. The number of aromatic nitrogens is 2. The van der Waals surface area contributed by atoms with Gasteiger partial charge in [0.25, 0.3) is 0 Å². The number of rotatable bonds is 3. The quantitative estimate of drug-likeness (QED) is 0.695. The smallest absolute Gasteiger partial charge is 0.0925 e. The zero-order chi connectivity index (χ0) is 11.1. The number of nitrogens with zero attached hydrogens (tertiary/aromatic N) is 1. The number of aliphatic hydroxyl groups excluding tert-OH is 1. The van der Waals surface area contributed by atoms with E-state index in [1.165, 1.54) is 0 Å². The monoisotopic (exact) mass is 209 g/mol. The molecule has 15 heavy (non-hydrogen) atoms. The number of aromatic amines is 1. The lowest BCUT2D eigenvalue weighted by atomic mass is 9.64. The molecule has 1 aromatic rings. The van der Waals surface area contributed by atoms with Crippen LogP contribution >= 0.6 is 0 Å². The summed E-state index contributed by atoms with van der Waals surface area (Å²) < 4.78 is 0. The fourth-order valence-electron chi connectivity index (χ4n) is 2.03. The van der Waals surface area contributed by atoms with Crippen molar-refractivity contribution < 1.29 is 5.11 Å². The zero-order valence-electron chi connectivity index (χ0n) is 9.54. The van der Waals surface area contributed by atoms with Crippen LogP contribution in [0.4, 0.5) is 0 Å². The summed E-state index contributed by atoms with van der Waals surface area (Å²) in [6.45, 7) is 6.98. The van der Waals surface area contributed by atoms with Gasteiger partial charge in [0.2, 0.25) is 0 Å². The number of H-pyrrole nitrogens is 1. The molecule has 1 aliphatic rings. The highest BCUT2D eigenvalue weighted by atomic mass is 16.3. The number of hydrogen-bond donors (Lipinski definition) is 3. The average Bonchev–Trinajstić information content (AvgIpc) is 2.58. The van der Waals surface area contributed by atoms with Crippen LogP contribution in [0.3, 0.4) is 0 Å². The van der Waals surface area contributed by atoms with Gasteiger partial charge in [-0.1, -0.05) is 13.8 Å². The van der Waals surface area contributed by atoms with Gasteiger partial charge in [0.15, 0.2) is 0 Å². The molecule has 2 unspecified atom stereocenters. The maximum atomic E-state index is 9.60. The maximum absolute atomic E-state index is 9.60. The molecule has 0 spiro atoms. The van der Waals surface area contributed by atoms with Gasteiger partial charge in [-0.05, 0) is 13.3 Å². The minimum Gasteiger partial charge on any atom is -0.392 e. The summed E-state index contributed by atoms with van der Waals surface area (Å²) in [6, 6.07) is 0.392. The molecule has 0 bridgehead atoms. The summed E-state index contributed by atoms with van der Waals surface area (Å²) >= 11 is 0. The van der Waals surface area contributed by atoms with Gasteiger partial charge in [-0.3, -0.25) is 0 Å². The van der Waals surface area contributed by atoms with Gasteiger partial charge in [0.1, 0.15) is 0 Å². The molecule has 84 valence electrons. The summed E-state index contributed by atoms with van der Waals surface area (Å²) in [5.74, 6) is 0. The molecule has 4 nitrogen and oxygen atoms in total. The van der Waals surface area contributed by atoms with E-state index in [0.29, 0.717) is 6.04 Å². The van der Waals surface area contributed by atoms with Crippen molar-refractivity contribution >= 4 is 0 Å². The lowest BCUT2D eigenvalue weighted by Crippen LogP contribution is -2.59. The molecule has 0 radical (unpaired) electrons. The Morgan fingerprint density at radius 3 is 2.87 bits per heavy atom. The first-order valence-electron chi connectivity index (χ1n) is 5.42. The highest BCUT2D eigenvalue weighted by Crippen LogP contribution is 2.40. The van der Waals surface area contributed by atoms with Crippen LogP contribution < -0.4 is 5.32 Å². The Balaban J connectivity index is 1.88. The predicted octanol–water partition coefficient (Wildman–Crippen LogP) is 0.967. The van der Waals surface area contributed by atoms with Crippen molar-refractivity contribution in [3.8, 4) is 0 Å². The van der Waals surface area contributed by atoms with Crippen LogP contribution in [0.25, 0.3) is 0 Å². The van der Waals surface area contributed by atoms with Gasteiger partial charge in [-0.2, -0.15) is 0 Å².